The number of Topliss-reactive ketones (excluding diaryl/α,β-unsaturated/α-hetero) is 2. The maximum Gasteiger partial charge on any atom is 0.175 e. The molecule has 118 valence electrons. The summed E-state index contributed by atoms with van der Waals surface area (Å²) in [4.78, 5) is 28.1. The van der Waals surface area contributed by atoms with Gasteiger partial charge in [-0.25, -0.2) is 0 Å². The van der Waals surface area contributed by atoms with Crippen LogP contribution in [0.1, 0.15) is 27.6 Å². The second-order valence-corrected chi connectivity index (χ2v) is 7.87. The summed E-state index contributed by atoms with van der Waals surface area (Å²) in [5.74, 6) is -0.157. The lowest BCUT2D eigenvalue weighted by atomic mass is 9.90. The number of rotatable bonds is 2. The highest BCUT2D eigenvalue weighted by Crippen LogP contribution is 2.46. The molecule has 1 aliphatic carbocycles. The summed E-state index contributed by atoms with van der Waals surface area (Å²) < 4.78 is 0. The average molecular weight is 332 g/mol. The average Bonchev–Trinajstić information content (AvgIpc) is 2.62. The number of allylic oxidation sites excluding steroid dienone is 4. The van der Waals surface area contributed by atoms with Crippen molar-refractivity contribution < 1.29 is 9.59 Å². The number of hydrogen-bond donors (Lipinski definition) is 0. The van der Waals surface area contributed by atoms with Crippen LogP contribution in [0, 0.1) is 5.92 Å². The number of ketones is 2. The van der Waals surface area contributed by atoms with Crippen molar-refractivity contribution in [3.05, 3.63) is 84.0 Å². The Morgan fingerprint density at radius 3 is 2.58 bits per heavy atom. The number of hydrogen-bond acceptors (Lipinski definition) is 2. The standard InChI is InChI=1S/C21H16O2S/c1-14(22)15-11-12-20-18(13-15)21(23)17-9-5-6-10-19(17)24(20)16-7-3-2-4-8-16/h2-13,17H,1H3. The van der Waals surface area contributed by atoms with Gasteiger partial charge in [-0.2, -0.15) is 0 Å². The van der Waals surface area contributed by atoms with Crippen LogP contribution in [0.25, 0.3) is 0 Å². The molecule has 1 heterocycles. The zero-order chi connectivity index (χ0) is 16.7. The smallest absolute Gasteiger partial charge is 0.175 e. The van der Waals surface area contributed by atoms with Crippen molar-refractivity contribution in [1.82, 2.24) is 0 Å². The Labute approximate surface area is 143 Å². The SMILES string of the molecule is CC(=O)c1ccc2c(c1)C(=O)C1C=CC=CC1=S2c1ccccc1. The molecule has 3 heteroatoms. The van der Waals surface area contributed by atoms with Crippen LogP contribution in [-0.4, -0.2) is 16.4 Å². The van der Waals surface area contributed by atoms with Crippen LogP contribution in [0.3, 0.4) is 0 Å². The van der Waals surface area contributed by atoms with E-state index in [4.69, 9.17) is 0 Å². The topological polar surface area (TPSA) is 34.1 Å². The summed E-state index contributed by atoms with van der Waals surface area (Å²) in [6.45, 7) is 1.53. The number of fused-ring (bicyclic) bond motifs is 2. The van der Waals surface area contributed by atoms with Crippen LogP contribution in [0.5, 0.6) is 0 Å². The first kappa shape index (κ1) is 15.0. The van der Waals surface area contributed by atoms with Crippen molar-refractivity contribution in [2.24, 2.45) is 5.92 Å². The summed E-state index contributed by atoms with van der Waals surface area (Å²) in [5, 5.41) is 0. The van der Waals surface area contributed by atoms with Crippen LogP contribution in [-0.2, 0) is 0 Å². The van der Waals surface area contributed by atoms with Crippen molar-refractivity contribution in [1.29, 1.82) is 0 Å². The monoisotopic (exact) mass is 332 g/mol. The fourth-order valence-corrected chi connectivity index (χ4v) is 5.62. The van der Waals surface area contributed by atoms with Gasteiger partial charge < -0.3 is 0 Å². The fourth-order valence-electron chi connectivity index (χ4n) is 3.17. The van der Waals surface area contributed by atoms with Gasteiger partial charge in [0, 0.05) is 20.9 Å². The summed E-state index contributed by atoms with van der Waals surface area (Å²) in [7, 11) is -0.295. The Morgan fingerprint density at radius 2 is 1.83 bits per heavy atom. The van der Waals surface area contributed by atoms with E-state index in [2.05, 4.69) is 18.2 Å². The first-order chi connectivity index (χ1) is 11.7. The Balaban J connectivity index is 2.03. The molecule has 4 rings (SSSR count). The van der Waals surface area contributed by atoms with Crippen LogP contribution in [0.15, 0.2) is 82.6 Å². The van der Waals surface area contributed by atoms with E-state index in [0.29, 0.717) is 11.1 Å². The summed E-state index contributed by atoms with van der Waals surface area (Å²) in [5.41, 5.74) is 1.28. The third kappa shape index (κ3) is 2.33. The predicted molar refractivity (Wildman–Crippen MR) is 98.1 cm³/mol. The lowest BCUT2D eigenvalue weighted by Gasteiger charge is -2.29. The Hall–Kier alpha value is -2.52. The highest BCUT2D eigenvalue weighted by atomic mass is 32.2. The molecule has 0 aromatic heterocycles. The third-order valence-electron chi connectivity index (χ3n) is 4.35. The first-order valence-electron chi connectivity index (χ1n) is 7.87. The van der Waals surface area contributed by atoms with E-state index >= 15 is 0 Å². The second-order valence-electron chi connectivity index (χ2n) is 5.87. The summed E-state index contributed by atoms with van der Waals surface area (Å²) >= 11 is 0. The molecule has 2 unspecified atom stereocenters. The molecule has 0 radical (unpaired) electrons. The minimum atomic E-state index is -0.295. The predicted octanol–water partition coefficient (Wildman–Crippen LogP) is 4.69. The fraction of sp³-hybridized carbons (Fsp3) is 0.0952. The lowest BCUT2D eigenvalue weighted by molar-refractivity contribution is 0.0969. The van der Waals surface area contributed by atoms with Crippen LogP contribution < -0.4 is 0 Å². The van der Waals surface area contributed by atoms with E-state index in [1.807, 2.05) is 48.6 Å². The molecular formula is C21H16O2S. The maximum absolute atomic E-state index is 13.0. The Kier molecular flexibility index (Phi) is 3.66. The normalized spacial score (nSPS) is 21.4. The Bertz CT molecular complexity index is 949. The molecule has 1 aliphatic heterocycles. The molecule has 0 fully saturated rings. The van der Waals surface area contributed by atoms with E-state index in [1.54, 1.807) is 6.07 Å². The highest BCUT2D eigenvalue weighted by Gasteiger charge is 2.32. The molecule has 0 saturated heterocycles. The quantitative estimate of drug-likeness (QED) is 0.591. The van der Waals surface area contributed by atoms with Crippen molar-refractivity contribution in [2.75, 3.05) is 0 Å². The largest absolute Gasteiger partial charge is 0.295 e. The summed E-state index contributed by atoms with van der Waals surface area (Å²) in [6.07, 6.45) is 7.96. The minimum Gasteiger partial charge on any atom is -0.295 e. The molecule has 0 bridgehead atoms. The van der Waals surface area contributed by atoms with Gasteiger partial charge in [0.05, 0.1) is 5.92 Å². The van der Waals surface area contributed by atoms with Crippen molar-refractivity contribution in [3.8, 4) is 0 Å². The van der Waals surface area contributed by atoms with Gasteiger partial charge in [-0.05, 0) is 36.1 Å². The molecule has 2 aliphatic rings. The molecule has 2 aromatic carbocycles. The van der Waals surface area contributed by atoms with Gasteiger partial charge >= 0.3 is 0 Å². The van der Waals surface area contributed by atoms with Crippen LogP contribution in [0.4, 0.5) is 0 Å². The number of carbonyl (C=O) groups is 2. The second kappa shape index (κ2) is 5.84. The van der Waals surface area contributed by atoms with Crippen LogP contribution >= 0.6 is 10.5 Å². The molecule has 24 heavy (non-hydrogen) atoms. The summed E-state index contributed by atoms with van der Waals surface area (Å²) in [6, 6.07) is 15.8. The van der Waals surface area contributed by atoms with E-state index in [1.165, 1.54) is 11.8 Å². The van der Waals surface area contributed by atoms with E-state index in [-0.39, 0.29) is 28.0 Å². The molecule has 2 aromatic rings. The van der Waals surface area contributed by atoms with Crippen molar-refractivity contribution in [2.45, 2.75) is 16.7 Å². The lowest BCUT2D eigenvalue weighted by Crippen LogP contribution is -2.27. The van der Waals surface area contributed by atoms with Crippen molar-refractivity contribution in [3.63, 3.8) is 0 Å². The van der Waals surface area contributed by atoms with Gasteiger partial charge in [0.15, 0.2) is 11.6 Å². The molecule has 0 N–H and O–H groups in total. The van der Waals surface area contributed by atoms with Gasteiger partial charge in [-0.15, -0.1) is 10.5 Å². The van der Waals surface area contributed by atoms with Gasteiger partial charge in [-0.1, -0.05) is 48.6 Å². The zero-order valence-electron chi connectivity index (χ0n) is 13.2. The Morgan fingerprint density at radius 1 is 1.04 bits per heavy atom. The molecule has 2 atom stereocenters. The number of carbonyl (C=O) groups excluding carboxylic acids is 2. The first-order valence-corrected chi connectivity index (χ1v) is 9.09. The zero-order valence-corrected chi connectivity index (χ0v) is 14.0. The maximum atomic E-state index is 13.0. The van der Waals surface area contributed by atoms with E-state index < -0.39 is 0 Å². The van der Waals surface area contributed by atoms with Crippen molar-refractivity contribution >= 4 is 26.9 Å². The van der Waals surface area contributed by atoms with Gasteiger partial charge in [-0.3, -0.25) is 9.59 Å². The number of benzene rings is 2. The van der Waals surface area contributed by atoms with Gasteiger partial charge in [0.2, 0.25) is 0 Å². The van der Waals surface area contributed by atoms with E-state index in [9.17, 15) is 9.59 Å². The third-order valence-corrected chi connectivity index (χ3v) is 6.75. The molecule has 0 spiro atoms. The highest BCUT2D eigenvalue weighted by molar-refractivity contribution is 8.16. The van der Waals surface area contributed by atoms with Gasteiger partial charge in [0.25, 0.3) is 0 Å². The molecule has 2 nitrogen and oxygen atoms in total. The van der Waals surface area contributed by atoms with Gasteiger partial charge in [0.1, 0.15) is 0 Å². The van der Waals surface area contributed by atoms with Crippen LogP contribution in [0.2, 0.25) is 0 Å². The molecule has 0 amide bonds. The van der Waals surface area contributed by atoms with E-state index in [0.717, 1.165) is 9.76 Å². The molecular weight excluding hydrogens is 316 g/mol. The molecule has 0 saturated carbocycles. The minimum absolute atomic E-state index is 0.0148.